The number of benzene rings is 2. The molecule has 0 radical (unpaired) electrons. The number of rotatable bonds is 2. The van der Waals surface area contributed by atoms with Gasteiger partial charge in [0, 0.05) is 4.47 Å². The average Bonchev–Trinajstić information content (AvgIpc) is 2.40. The van der Waals surface area contributed by atoms with Crippen molar-refractivity contribution in [1.29, 1.82) is 0 Å². The summed E-state index contributed by atoms with van der Waals surface area (Å²) in [7, 11) is 0. The molecule has 0 saturated carbocycles. The van der Waals surface area contributed by atoms with Crippen molar-refractivity contribution in [3.05, 3.63) is 67.1 Å². The highest BCUT2D eigenvalue weighted by atomic mass is 79.9. The zero-order valence-electron chi connectivity index (χ0n) is 12.0. The first kappa shape index (κ1) is 15.9. The van der Waals surface area contributed by atoms with E-state index in [9.17, 15) is 0 Å². The molecule has 0 aromatic heterocycles. The van der Waals surface area contributed by atoms with Gasteiger partial charge in [-0.25, -0.2) is 0 Å². The summed E-state index contributed by atoms with van der Waals surface area (Å²) < 4.78 is 0.877. The molecular formula is C17H17BrCl2. The van der Waals surface area contributed by atoms with Crippen LogP contribution in [0.2, 0.25) is 5.02 Å². The maximum atomic E-state index is 6.75. The molecule has 0 saturated heterocycles. The molecule has 0 aliphatic rings. The quantitative estimate of drug-likeness (QED) is 0.517. The number of hydrogen-bond donors (Lipinski definition) is 0. The van der Waals surface area contributed by atoms with Gasteiger partial charge in [0.05, 0.1) is 10.4 Å². The third-order valence-corrected chi connectivity index (χ3v) is 5.60. The Morgan fingerprint density at radius 2 is 1.50 bits per heavy atom. The summed E-state index contributed by atoms with van der Waals surface area (Å²) in [6.45, 7) is 8.54. The second-order valence-electron chi connectivity index (χ2n) is 5.21. The summed E-state index contributed by atoms with van der Waals surface area (Å²) in [5, 5.41) is 0.536. The molecule has 0 heterocycles. The first-order chi connectivity index (χ1) is 9.32. The van der Waals surface area contributed by atoms with Crippen LogP contribution in [0.3, 0.4) is 0 Å². The zero-order valence-corrected chi connectivity index (χ0v) is 15.1. The minimum absolute atomic E-state index is 0.165. The third kappa shape index (κ3) is 2.90. The van der Waals surface area contributed by atoms with Crippen LogP contribution in [0.1, 0.15) is 38.8 Å². The summed E-state index contributed by atoms with van der Waals surface area (Å²) in [4.78, 5) is 0. The van der Waals surface area contributed by atoms with Crippen LogP contribution in [0.5, 0.6) is 0 Å². The van der Waals surface area contributed by atoms with Crippen molar-refractivity contribution in [2.24, 2.45) is 0 Å². The molecule has 2 aromatic carbocycles. The van der Waals surface area contributed by atoms with E-state index in [1.54, 1.807) is 0 Å². The molecule has 106 valence electrons. The summed E-state index contributed by atoms with van der Waals surface area (Å²) in [5.41, 5.74) is 7.35. The van der Waals surface area contributed by atoms with E-state index in [1.807, 2.05) is 18.2 Å². The molecule has 0 bridgehead atoms. The predicted molar refractivity (Wildman–Crippen MR) is 92.2 cm³/mol. The van der Waals surface area contributed by atoms with E-state index in [-0.39, 0.29) is 5.38 Å². The number of alkyl halides is 1. The fraction of sp³-hybridized carbons (Fsp3) is 0.294. The Kier molecular flexibility index (Phi) is 4.84. The van der Waals surface area contributed by atoms with Gasteiger partial charge in [0.2, 0.25) is 0 Å². The molecule has 1 unspecified atom stereocenters. The Labute approximate surface area is 139 Å². The molecular weight excluding hydrogens is 355 g/mol. The van der Waals surface area contributed by atoms with Gasteiger partial charge in [-0.3, -0.25) is 0 Å². The molecule has 3 heteroatoms. The standard InChI is InChI=1S/C17H17BrCl2/c1-9-7-10(2)12(4)16(11(9)3)17(20)13-5-6-15(19)14(18)8-13/h5-8,17H,1-4H3. The van der Waals surface area contributed by atoms with Crippen molar-refractivity contribution in [3.8, 4) is 0 Å². The van der Waals surface area contributed by atoms with E-state index in [4.69, 9.17) is 23.2 Å². The predicted octanol–water partition coefficient (Wildman–Crippen LogP) is 6.66. The molecule has 0 aliphatic carbocycles. The Bertz CT molecular complexity index is 636. The van der Waals surface area contributed by atoms with Gasteiger partial charge in [0.1, 0.15) is 0 Å². The van der Waals surface area contributed by atoms with E-state index < -0.39 is 0 Å². The molecule has 0 N–H and O–H groups in total. The smallest absolute Gasteiger partial charge is 0.0841 e. The van der Waals surface area contributed by atoms with Crippen LogP contribution >= 0.6 is 39.1 Å². The lowest BCUT2D eigenvalue weighted by Gasteiger charge is -2.20. The molecule has 0 amide bonds. The van der Waals surface area contributed by atoms with E-state index in [0.29, 0.717) is 5.02 Å². The molecule has 0 spiro atoms. The van der Waals surface area contributed by atoms with Crippen molar-refractivity contribution in [3.63, 3.8) is 0 Å². The third-order valence-electron chi connectivity index (χ3n) is 3.91. The van der Waals surface area contributed by atoms with E-state index in [0.717, 1.165) is 10.0 Å². The Morgan fingerprint density at radius 1 is 0.950 bits per heavy atom. The van der Waals surface area contributed by atoms with Crippen LogP contribution in [0.25, 0.3) is 0 Å². The SMILES string of the molecule is Cc1cc(C)c(C)c(C(Cl)c2ccc(Cl)c(Br)c2)c1C. The van der Waals surface area contributed by atoms with Crippen LogP contribution in [0.15, 0.2) is 28.7 Å². The van der Waals surface area contributed by atoms with Crippen LogP contribution in [0, 0.1) is 27.7 Å². The fourth-order valence-corrected chi connectivity index (χ4v) is 3.44. The van der Waals surface area contributed by atoms with Gasteiger partial charge < -0.3 is 0 Å². The van der Waals surface area contributed by atoms with Gasteiger partial charge in [-0.15, -0.1) is 11.6 Å². The molecule has 2 aromatic rings. The van der Waals surface area contributed by atoms with Gasteiger partial charge in [0.25, 0.3) is 0 Å². The first-order valence-electron chi connectivity index (χ1n) is 6.49. The van der Waals surface area contributed by atoms with Crippen molar-refractivity contribution in [2.45, 2.75) is 33.1 Å². The highest BCUT2D eigenvalue weighted by molar-refractivity contribution is 9.10. The molecule has 20 heavy (non-hydrogen) atoms. The van der Waals surface area contributed by atoms with Gasteiger partial charge >= 0.3 is 0 Å². The molecule has 1 atom stereocenters. The van der Waals surface area contributed by atoms with Gasteiger partial charge in [0.15, 0.2) is 0 Å². The summed E-state index contributed by atoms with van der Waals surface area (Å²) in [6, 6.07) is 8.08. The Balaban J connectivity index is 2.58. The van der Waals surface area contributed by atoms with Crippen LogP contribution in [-0.4, -0.2) is 0 Å². The Morgan fingerprint density at radius 3 is 2.00 bits per heavy atom. The highest BCUT2D eigenvalue weighted by Crippen LogP contribution is 2.37. The van der Waals surface area contributed by atoms with E-state index in [1.165, 1.54) is 27.8 Å². The summed E-state index contributed by atoms with van der Waals surface area (Å²) in [5.74, 6) is 0. The van der Waals surface area contributed by atoms with Crippen LogP contribution < -0.4 is 0 Å². The van der Waals surface area contributed by atoms with Gasteiger partial charge in [-0.1, -0.05) is 23.7 Å². The topological polar surface area (TPSA) is 0 Å². The maximum absolute atomic E-state index is 6.75. The van der Waals surface area contributed by atoms with Crippen molar-refractivity contribution < 1.29 is 0 Å². The van der Waals surface area contributed by atoms with E-state index in [2.05, 4.69) is 49.7 Å². The number of hydrogen-bond acceptors (Lipinski definition) is 0. The fourth-order valence-electron chi connectivity index (χ4n) is 2.46. The van der Waals surface area contributed by atoms with E-state index >= 15 is 0 Å². The van der Waals surface area contributed by atoms with Gasteiger partial charge in [-0.2, -0.15) is 0 Å². The molecule has 0 nitrogen and oxygen atoms in total. The lowest BCUT2D eigenvalue weighted by molar-refractivity contribution is 1.05. The largest absolute Gasteiger partial charge is 0.113 e. The van der Waals surface area contributed by atoms with Crippen LogP contribution in [-0.2, 0) is 0 Å². The normalized spacial score (nSPS) is 12.6. The molecule has 2 rings (SSSR count). The van der Waals surface area contributed by atoms with Crippen LogP contribution in [0.4, 0.5) is 0 Å². The second kappa shape index (κ2) is 6.09. The summed E-state index contributed by atoms with van der Waals surface area (Å²) >= 11 is 16.3. The van der Waals surface area contributed by atoms with Gasteiger partial charge in [-0.05, 0) is 89.1 Å². The maximum Gasteiger partial charge on any atom is 0.0841 e. The first-order valence-corrected chi connectivity index (χ1v) is 8.10. The Hall–Kier alpha value is -0.500. The molecule has 0 aliphatic heterocycles. The van der Waals surface area contributed by atoms with Crippen molar-refractivity contribution in [1.82, 2.24) is 0 Å². The monoisotopic (exact) mass is 370 g/mol. The second-order valence-corrected chi connectivity index (χ2v) is 6.91. The highest BCUT2D eigenvalue weighted by Gasteiger charge is 2.19. The van der Waals surface area contributed by atoms with Crippen molar-refractivity contribution >= 4 is 39.1 Å². The zero-order chi connectivity index (χ0) is 15.0. The molecule has 0 fully saturated rings. The minimum atomic E-state index is -0.165. The summed E-state index contributed by atoms with van der Waals surface area (Å²) in [6.07, 6.45) is 0. The number of halogens is 3. The minimum Gasteiger partial charge on any atom is -0.113 e. The lowest BCUT2D eigenvalue weighted by Crippen LogP contribution is -2.03. The average molecular weight is 372 g/mol. The van der Waals surface area contributed by atoms with Crippen molar-refractivity contribution in [2.75, 3.05) is 0 Å². The lowest BCUT2D eigenvalue weighted by atomic mass is 9.90. The number of aryl methyl sites for hydroxylation is 2.